The third-order valence-electron chi connectivity index (χ3n) is 12.9. The van der Waals surface area contributed by atoms with Gasteiger partial charge in [-0.15, -0.1) is 23.3 Å². The van der Waals surface area contributed by atoms with E-state index in [2.05, 4.69) is 168 Å². The summed E-state index contributed by atoms with van der Waals surface area (Å²) in [5.74, 6) is 3.99. The molecule has 1 atom stereocenters. The Labute approximate surface area is 367 Å². The Balaban J connectivity index is 0.00000528. The van der Waals surface area contributed by atoms with Crippen molar-refractivity contribution in [2.24, 2.45) is 22.7 Å². The molecule has 8 rings (SSSR count). The number of benzene rings is 4. The van der Waals surface area contributed by atoms with Gasteiger partial charge < -0.3 is 14.0 Å². The number of pyridine rings is 1. The maximum Gasteiger partial charge on any atom is 2.00 e. The van der Waals surface area contributed by atoms with Crippen LogP contribution in [0.3, 0.4) is 0 Å². The molecule has 0 spiro atoms. The van der Waals surface area contributed by atoms with Crippen molar-refractivity contribution in [1.29, 1.82) is 0 Å². The van der Waals surface area contributed by atoms with Crippen LogP contribution in [0.1, 0.15) is 141 Å². The third kappa shape index (κ3) is 7.38. The molecule has 0 aliphatic carbocycles. The molecule has 6 heteroatoms. The van der Waals surface area contributed by atoms with E-state index in [0.29, 0.717) is 53.6 Å². The number of hydrogen-bond acceptors (Lipinski definition) is 4. The normalized spacial score (nSPS) is 16.1. The maximum atomic E-state index is 7.04. The van der Waals surface area contributed by atoms with Gasteiger partial charge in [0.2, 0.25) is 0 Å². The van der Waals surface area contributed by atoms with E-state index >= 15 is 0 Å². The molecule has 0 saturated carbocycles. The first-order valence-corrected chi connectivity index (χ1v) is 21.5. The minimum atomic E-state index is -0.287. The first kappa shape index (κ1) is 42.9. The van der Waals surface area contributed by atoms with Gasteiger partial charge in [0.25, 0.3) is 0 Å². The largest absolute Gasteiger partial charge is 2.00 e. The summed E-state index contributed by atoms with van der Waals surface area (Å²) < 4.78 is 15.8. The van der Waals surface area contributed by atoms with Gasteiger partial charge in [0.15, 0.2) is 0 Å². The molecule has 2 aliphatic rings. The van der Waals surface area contributed by atoms with Gasteiger partial charge in [-0.1, -0.05) is 150 Å². The van der Waals surface area contributed by atoms with E-state index in [1.165, 1.54) is 44.3 Å². The molecule has 4 aromatic carbocycles. The summed E-state index contributed by atoms with van der Waals surface area (Å²) in [4.78, 5) is 10.3. The molecule has 0 N–H and O–H groups in total. The molecule has 310 valence electrons. The van der Waals surface area contributed by atoms with Crippen LogP contribution < -0.4 is 4.74 Å². The molecule has 0 bridgehead atoms. The number of ether oxygens (including phenoxy) is 2. The second-order valence-corrected chi connectivity index (χ2v) is 19.8. The smallest absolute Gasteiger partial charge is 0.518 e. The first-order chi connectivity index (χ1) is 27.4. The summed E-state index contributed by atoms with van der Waals surface area (Å²) in [6.07, 6.45) is 1.89. The molecule has 0 fully saturated rings. The first-order valence-electron chi connectivity index (χ1n) is 21.5. The Hall–Kier alpha value is -4.21. The van der Waals surface area contributed by atoms with Crippen molar-refractivity contribution in [1.82, 2.24) is 9.55 Å². The van der Waals surface area contributed by atoms with Crippen molar-refractivity contribution in [3.8, 4) is 28.3 Å². The van der Waals surface area contributed by atoms with Crippen LogP contribution in [0.2, 0.25) is 0 Å². The van der Waals surface area contributed by atoms with Crippen LogP contribution in [0.15, 0.2) is 71.9 Å². The minimum Gasteiger partial charge on any atom is -0.518 e. The van der Waals surface area contributed by atoms with Gasteiger partial charge in [0, 0.05) is 28.5 Å². The third-order valence-corrected chi connectivity index (χ3v) is 12.9. The second-order valence-electron chi connectivity index (χ2n) is 19.8. The molecule has 6 aromatic rings. The van der Waals surface area contributed by atoms with Gasteiger partial charge in [0.1, 0.15) is 11.5 Å². The van der Waals surface area contributed by atoms with E-state index in [1.54, 1.807) is 0 Å². The summed E-state index contributed by atoms with van der Waals surface area (Å²) in [6.45, 7) is 32.6. The predicted molar refractivity (Wildman–Crippen MR) is 241 cm³/mol. The standard InChI is InChI=1S/C53H61N3O2.Pt/c1-29(2)38-17-15-18-39(30(3)4)48(38)34-22-35(51-55-44(28-57-51)47(31(5)6)32(7)8)24-37(23-34)58-46-27-45-42(21-33(46)9)53(13,14)43-26-36(52(10,11)12)25-41-40-19-16-20-54-50(40)56(45)49(41)43;/h15-23,25-26,29-32,44,47H,28H2,1-14H3;/q-2;+2/t44-;/m0./s1. The second kappa shape index (κ2) is 15.7. The Morgan fingerprint density at radius 2 is 1.51 bits per heavy atom. The van der Waals surface area contributed by atoms with E-state index in [9.17, 15) is 0 Å². The molecule has 2 aliphatic heterocycles. The average molecular weight is 967 g/mol. The van der Waals surface area contributed by atoms with E-state index in [4.69, 9.17) is 19.5 Å². The van der Waals surface area contributed by atoms with Crippen molar-refractivity contribution >= 4 is 27.8 Å². The SMILES string of the molecule is Cc1cc2c([c-]c1Oc1[c-]c(C3=N[C@H](C(C(C)C)C(C)C)CO3)cc(-c3c(C(C)C)cccc3C(C)C)c1)-n1c3ncccc3c3cc(C(C)(C)C)cc(c31)C2(C)C.[Pt+2]. The zero-order chi connectivity index (χ0) is 41.6. The van der Waals surface area contributed by atoms with Crippen molar-refractivity contribution in [2.75, 3.05) is 6.61 Å². The summed E-state index contributed by atoms with van der Waals surface area (Å²) in [6, 6.07) is 30.0. The monoisotopic (exact) mass is 966 g/mol. The van der Waals surface area contributed by atoms with Gasteiger partial charge >= 0.3 is 21.1 Å². The van der Waals surface area contributed by atoms with E-state index in [1.807, 2.05) is 12.3 Å². The van der Waals surface area contributed by atoms with E-state index < -0.39 is 0 Å². The number of fused-ring (bicyclic) bond motifs is 5. The Kier molecular flexibility index (Phi) is 11.4. The van der Waals surface area contributed by atoms with Gasteiger partial charge in [-0.25, -0.2) is 4.98 Å². The quantitative estimate of drug-likeness (QED) is 0.136. The predicted octanol–water partition coefficient (Wildman–Crippen LogP) is 13.8. The van der Waals surface area contributed by atoms with Crippen molar-refractivity contribution in [3.05, 3.63) is 118 Å². The fourth-order valence-electron chi connectivity index (χ4n) is 9.87. The molecule has 0 saturated heterocycles. The average Bonchev–Trinajstić information content (AvgIpc) is 3.77. The summed E-state index contributed by atoms with van der Waals surface area (Å²) in [7, 11) is 0. The van der Waals surface area contributed by atoms with Crippen LogP contribution in [0.4, 0.5) is 0 Å². The summed E-state index contributed by atoms with van der Waals surface area (Å²) in [5, 5.41) is 2.37. The van der Waals surface area contributed by atoms with Crippen molar-refractivity contribution in [3.63, 3.8) is 0 Å². The number of nitrogens with zero attached hydrogens (tertiary/aromatic N) is 3. The molecule has 0 amide bonds. The number of aromatic nitrogens is 2. The fourth-order valence-corrected chi connectivity index (χ4v) is 9.87. The molecule has 2 aromatic heterocycles. The number of rotatable bonds is 9. The number of hydrogen-bond donors (Lipinski definition) is 0. The topological polar surface area (TPSA) is 48.6 Å². The van der Waals surface area contributed by atoms with Crippen LogP contribution in [0.25, 0.3) is 38.8 Å². The van der Waals surface area contributed by atoms with Crippen LogP contribution in [0, 0.1) is 36.8 Å². The fraction of sp³-hybridized carbons (Fsp3) is 0.434. The molecular formula is C53H61N3O2Pt. The molecule has 4 heterocycles. The van der Waals surface area contributed by atoms with Crippen molar-refractivity contribution < 1.29 is 30.5 Å². The maximum absolute atomic E-state index is 7.04. The van der Waals surface area contributed by atoms with Crippen LogP contribution in [-0.2, 0) is 36.6 Å². The molecular weight excluding hydrogens is 906 g/mol. The van der Waals surface area contributed by atoms with Gasteiger partial charge in [-0.3, -0.25) is 4.99 Å². The summed E-state index contributed by atoms with van der Waals surface area (Å²) in [5.41, 5.74) is 13.4. The Morgan fingerprint density at radius 1 is 0.831 bits per heavy atom. The van der Waals surface area contributed by atoms with Gasteiger partial charge in [0.05, 0.1) is 18.2 Å². The van der Waals surface area contributed by atoms with Gasteiger partial charge in [-0.2, -0.15) is 6.07 Å². The molecule has 0 unspecified atom stereocenters. The van der Waals surface area contributed by atoms with Gasteiger partial charge in [-0.05, 0) is 86.4 Å². The minimum absolute atomic E-state index is 0. The Morgan fingerprint density at radius 3 is 2.14 bits per heavy atom. The van der Waals surface area contributed by atoms with Crippen molar-refractivity contribution in [2.45, 2.75) is 126 Å². The van der Waals surface area contributed by atoms with Crippen LogP contribution in [-0.4, -0.2) is 28.1 Å². The zero-order valence-electron chi connectivity index (χ0n) is 37.5. The van der Waals surface area contributed by atoms with E-state index in [0.717, 1.165) is 33.4 Å². The Bertz CT molecular complexity index is 2570. The molecule has 59 heavy (non-hydrogen) atoms. The zero-order valence-corrected chi connectivity index (χ0v) is 39.8. The molecule has 5 nitrogen and oxygen atoms in total. The number of aryl methyl sites for hydroxylation is 1. The van der Waals surface area contributed by atoms with E-state index in [-0.39, 0.29) is 37.9 Å². The number of aliphatic imine (C=N–C) groups is 1. The summed E-state index contributed by atoms with van der Waals surface area (Å²) >= 11 is 0. The molecule has 0 radical (unpaired) electrons. The van der Waals surface area contributed by atoms with Crippen LogP contribution in [0.5, 0.6) is 11.5 Å². The van der Waals surface area contributed by atoms with Crippen LogP contribution >= 0.6 is 0 Å².